The zero-order valence-corrected chi connectivity index (χ0v) is 16.1. The van der Waals surface area contributed by atoms with Crippen molar-refractivity contribution in [1.82, 2.24) is 4.98 Å². The molecule has 3 rings (SSSR count). The van der Waals surface area contributed by atoms with Gasteiger partial charge in [0.1, 0.15) is 0 Å². The summed E-state index contributed by atoms with van der Waals surface area (Å²) in [6.07, 6.45) is 2.54. The van der Waals surface area contributed by atoms with Crippen LogP contribution >= 0.6 is 0 Å². The highest BCUT2D eigenvalue weighted by Gasteiger charge is 2.27. The van der Waals surface area contributed by atoms with E-state index in [4.69, 9.17) is 4.74 Å². The summed E-state index contributed by atoms with van der Waals surface area (Å²) >= 11 is 0. The van der Waals surface area contributed by atoms with Gasteiger partial charge in [0.05, 0.1) is 17.1 Å². The number of ether oxygens (including phenoxy) is 1. The van der Waals surface area contributed by atoms with Gasteiger partial charge in [-0.25, -0.2) is 0 Å². The van der Waals surface area contributed by atoms with E-state index < -0.39 is 0 Å². The monoisotopic (exact) mass is 376 g/mol. The minimum absolute atomic E-state index is 0.113. The predicted octanol–water partition coefficient (Wildman–Crippen LogP) is 4.55. The molecule has 0 bridgehead atoms. The third kappa shape index (κ3) is 4.55. The van der Waals surface area contributed by atoms with Gasteiger partial charge in [0.15, 0.2) is 6.61 Å². The number of aromatic nitrogens is 1. The van der Waals surface area contributed by atoms with E-state index in [0.717, 1.165) is 22.9 Å². The van der Waals surface area contributed by atoms with Crippen LogP contribution in [-0.2, 0) is 14.3 Å². The fourth-order valence-corrected chi connectivity index (χ4v) is 3.22. The minimum Gasteiger partial charge on any atom is -0.455 e. The van der Waals surface area contributed by atoms with Gasteiger partial charge in [-0.15, -0.1) is 0 Å². The van der Waals surface area contributed by atoms with E-state index in [0.29, 0.717) is 5.69 Å². The number of pyridine rings is 1. The molecule has 0 saturated heterocycles. The van der Waals surface area contributed by atoms with Crippen molar-refractivity contribution in [2.45, 2.75) is 26.2 Å². The first kappa shape index (κ1) is 19.5. The van der Waals surface area contributed by atoms with Gasteiger partial charge >= 0.3 is 5.97 Å². The van der Waals surface area contributed by atoms with Gasteiger partial charge in [0.2, 0.25) is 0 Å². The average Bonchev–Trinajstić information content (AvgIpc) is 2.73. The highest BCUT2D eigenvalue weighted by molar-refractivity contribution is 6.01. The maximum atomic E-state index is 12.7. The molecule has 0 radical (unpaired) electrons. The number of fused-ring (bicyclic) bond motifs is 1. The molecule has 3 aromatic rings. The number of carbonyl (C=O) groups is 2. The number of amides is 1. The Morgan fingerprint density at radius 3 is 2.57 bits per heavy atom. The summed E-state index contributed by atoms with van der Waals surface area (Å²) in [7, 11) is 0. The number of carbonyl (C=O) groups excluding carboxylic acids is 2. The van der Waals surface area contributed by atoms with Gasteiger partial charge in [-0.1, -0.05) is 56.7 Å². The number of nitrogens with zero attached hydrogens (tertiary/aromatic N) is 1. The number of esters is 1. The van der Waals surface area contributed by atoms with Crippen molar-refractivity contribution in [1.29, 1.82) is 0 Å². The number of hydrogen-bond donors (Lipinski definition) is 1. The molecular weight excluding hydrogens is 352 g/mol. The summed E-state index contributed by atoms with van der Waals surface area (Å²) in [6.45, 7) is 3.73. The first-order valence-corrected chi connectivity index (χ1v) is 9.45. The molecule has 2 aromatic carbocycles. The van der Waals surface area contributed by atoms with Gasteiger partial charge < -0.3 is 10.1 Å². The third-order valence-electron chi connectivity index (χ3n) is 4.89. The van der Waals surface area contributed by atoms with Crippen LogP contribution in [0.1, 0.15) is 31.7 Å². The zero-order valence-electron chi connectivity index (χ0n) is 16.1. The van der Waals surface area contributed by atoms with E-state index in [1.807, 2.05) is 68.4 Å². The molecule has 1 aromatic heterocycles. The van der Waals surface area contributed by atoms with E-state index in [9.17, 15) is 9.59 Å². The second-order valence-electron chi connectivity index (χ2n) is 6.81. The Hall–Kier alpha value is -3.21. The average molecular weight is 376 g/mol. The molecule has 28 heavy (non-hydrogen) atoms. The highest BCUT2D eigenvalue weighted by atomic mass is 16.5. The summed E-state index contributed by atoms with van der Waals surface area (Å²) in [6, 6.07) is 18.8. The SMILES string of the molecule is CC[C@H](C)[C@H](C(=O)OCC(=O)Nc1cccc2ncccc12)c1ccccc1. The molecule has 0 spiro atoms. The smallest absolute Gasteiger partial charge is 0.314 e. The maximum Gasteiger partial charge on any atom is 0.314 e. The van der Waals surface area contributed by atoms with Crippen molar-refractivity contribution in [3.8, 4) is 0 Å². The largest absolute Gasteiger partial charge is 0.455 e. The Balaban J connectivity index is 1.66. The Kier molecular flexibility index (Phi) is 6.37. The van der Waals surface area contributed by atoms with Gasteiger partial charge in [0.25, 0.3) is 5.91 Å². The van der Waals surface area contributed by atoms with Crippen LogP contribution in [0.15, 0.2) is 66.9 Å². The van der Waals surface area contributed by atoms with Crippen molar-refractivity contribution in [3.63, 3.8) is 0 Å². The highest BCUT2D eigenvalue weighted by Crippen LogP contribution is 2.28. The Bertz CT molecular complexity index is 951. The second kappa shape index (κ2) is 9.13. The lowest BCUT2D eigenvalue weighted by atomic mass is 9.86. The van der Waals surface area contributed by atoms with Crippen LogP contribution in [0.3, 0.4) is 0 Å². The molecule has 144 valence electrons. The second-order valence-corrected chi connectivity index (χ2v) is 6.81. The van der Waals surface area contributed by atoms with Crippen molar-refractivity contribution in [3.05, 3.63) is 72.4 Å². The molecule has 0 aliphatic carbocycles. The van der Waals surface area contributed by atoms with Crippen LogP contribution < -0.4 is 5.32 Å². The minimum atomic E-state index is -0.388. The maximum absolute atomic E-state index is 12.7. The fourth-order valence-electron chi connectivity index (χ4n) is 3.22. The fraction of sp³-hybridized carbons (Fsp3) is 0.261. The van der Waals surface area contributed by atoms with Gasteiger partial charge in [0, 0.05) is 11.6 Å². The Morgan fingerprint density at radius 1 is 1.04 bits per heavy atom. The topological polar surface area (TPSA) is 68.3 Å². The Morgan fingerprint density at radius 2 is 1.82 bits per heavy atom. The van der Waals surface area contributed by atoms with E-state index >= 15 is 0 Å². The summed E-state index contributed by atoms with van der Waals surface area (Å²) in [5, 5.41) is 3.65. The van der Waals surface area contributed by atoms with Crippen LogP contribution in [0.4, 0.5) is 5.69 Å². The molecule has 0 aliphatic rings. The molecule has 1 heterocycles. The van der Waals surface area contributed by atoms with E-state index in [1.165, 1.54) is 0 Å². The standard InChI is InChI=1S/C23H24N2O3/c1-3-16(2)22(17-9-5-4-6-10-17)23(27)28-15-21(26)25-20-13-7-12-19-18(20)11-8-14-24-19/h4-14,16,22H,3,15H2,1-2H3,(H,25,26)/t16-,22-/m0/s1. The van der Waals surface area contributed by atoms with Crippen LogP contribution in [-0.4, -0.2) is 23.5 Å². The number of nitrogens with one attached hydrogen (secondary N) is 1. The van der Waals surface area contributed by atoms with E-state index in [1.54, 1.807) is 12.3 Å². The van der Waals surface area contributed by atoms with Gasteiger partial charge in [-0.3, -0.25) is 14.6 Å². The van der Waals surface area contributed by atoms with Crippen molar-refractivity contribution in [2.75, 3.05) is 11.9 Å². The molecular formula is C23H24N2O3. The molecule has 1 amide bonds. The number of rotatable bonds is 7. The third-order valence-corrected chi connectivity index (χ3v) is 4.89. The molecule has 0 fully saturated rings. The lowest BCUT2D eigenvalue weighted by Crippen LogP contribution is -2.27. The van der Waals surface area contributed by atoms with Crippen molar-refractivity contribution in [2.24, 2.45) is 5.92 Å². The number of hydrogen-bond acceptors (Lipinski definition) is 4. The first-order valence-electron chi connectivity index (χ1n) is 9.45. The molecule has 2 atom stereocenters. The zero-order chi connectivity index (χ0) is 19.9. The molecule has 1 N–H and O–H groups in total. The lowest BCUT2D eigenvalue weighted by molar-refractivity contribution is -0.150. The van der Waals surface area contributed by atoms with Crippen LogP contribution in [0.2, 0.25) is 0 Å². The molecule has 5 heteroatoms. The summed E-state index contributed by atoms with van der Waals surface area (Å²) in [5.41, 5.74) is 2.34. The van der Waals surface area contributed by atoms with Crippen LogP contribution in [0, 0.1) is 5.92 Å². The molecule has 0 unspecified atom stereocenters. The van der Waals surface area contributed by atoms with E-state index in [2.05, 4.69) is 10.3 Å². The number of benzene rings is 2. The molecule has 0 saturated carbocycles. The van der Waals surface area contributed by atoms with Crippen LogP contribution in [0.25, 0.3) is 10.9 Å². The van der Waals surface area contributed by atoms with Crippen molar-refractivity contribution >= 4 is 28.5 Å². The van der Waals surface area contributed by atoms with Gasteiger partial charge in [-0.2, -0.15) is 0 Å². The summed E-state index contributed by atoms with van der Waals surface area (Å²) < 4.78 is 5.36. The normalized spacial score (nSPS) is 12.9. The van der Waals surface area contributed by atoms with Gasteiger partial charge in [-0.05, 0) is 35.7 Å². The molecule has 0 aliphatic heterocycles. The van der Waals surface area contributed by atoms with Crippen molar-refractivity contribution < 1.29 is 14.3 Å². The molecule has 5 nitrogen and oxygen atoms in total. The predicted molar refractivity (Wildman–Crippen MR) is 110 cm³/mol. The summed E-state index contributed by atoms with van der Waals surface area (Å²) in [5.74, 6) is -1.03. The summed E-state index contributed by atoms with van der Waals surface area (Å²) in [4.78, 5) is 29.3. The van der Waals surface area contributed by atoms with Crippen LogP contribution in [0.5, 0.6) is 0 Å². The first-order chi connectivity index (χ1) is 13.6. The lowest BCUT2D eigenvalue weighted by Gasteiger charge is -2.21. The number of anilines is 1. The van der Waals surface area contributed by atoms with E-state index in [-0.39, 0.29) is 30.3 Å². The quantitative estimate of drug-likeness (QED) is 0.615. The Labute approximate surface area is 164 Å².